The van der Waals surface area contributed by atoms with Gasteiger partial charge < -0.3 is 10.6 Å². The summed E-state index contributed by atoms with van der Waals surface area (Å²) in [5, 5.41) is 6.33. The van der Waals surface area contributed by atoms with Crippen molar-refractivity contribution in [3.8, 4) is 5.69 Å². The summed E-state index contributed by atoms with van der Waals surface area (Å²) in [7, 11) is 0. The quantitative estimate of drug-likeness (QED) is 0.763. The molecule has 0 saturated carbocycles. The lowest BCUT2D eigenvalue weighted by Crippen LogP contribution is -2.29. The molecule has 0 bridgehead atoms. The summed E-state index contributed by atoms with van der Waals surface area (Å²) in [4.78, 5) is 16.5. The van der Waals surface area contributed by atoms with Crippen LogP contribution >= 0.6 is 22.9 Å². The maximum Gasteiger partial charge on any atom is 0.264 e. The highest BCUT2D eigenvalue weighted by molar-refractivity contribution is 7.20. The largest absolute Gasteiger partial charge is 0.338 e. The third-order valence-electron chi connectivity index (χ3n) is 4.73. The topological polar surface area (TPSA) is 64.2 Å². The number of thiophene rings is 1. The molecule has 2 N–H and O–H groups in total. The smallest absolute Gasteiger partial charge is 0.264 e. The lowest BCUT2D eigenvalue weighted by molar-refractivity contribution is 0.0792. The van der Waals surface area contributed by atoms with Crippen molar-refractivity contribution in [2.75, 3.05) is 19.6 Å². The number of nitrogens with two attached hydrogens (primary N) is 1. The molecule has 2 aromatic heterocycles. The maximum absolute atomic E-state index is 12.8. The Morgan fingerprint density at radius 1 is 1.40 bits per heavy atom. The van der Waals surface area contributed by atoms with E-state index in [0.717, 1.165) is 46.0 Å². The number of carbonyl (C=O) groups is 1. The van der Waals surface area contributed by atoms with Gasteiger partial charge in [-0.05, 0) is 56.1 Å². The van der Waals surface area contributed by atoms with Gasteiger partial charge in [-0.2, -0.15) is 5.10 Å². The van der Waals surface area contributed by atoms with E-state index in [9.17, 15) is 4.79 Å². The minimum absolute atomic E-state index is 0.0965. The van der Waals surface area contributed by atoms with E-state index in [0.29, 0.717) is 17.5 Å². The Kier molecular flexibility index (Phi) is 4.27. The van der Waals surface area contributed by atoms with Crippen LogP contribution in [0.3, 0.4) is 0 Å². The Balaban J connectivity index is 1.70. The number of aromatic nitrogens is 2. The first-order valence-corrected chi connectivity index (χ1v) is 9.50. The number of likely N-dealkylation sites (tertiary alicyclic amines) is 1. The van der Waals surface area contributed by atoms with Crippen LogP contribution in [0.2, 0.25) is 5.02 Å². The molecule has 0 radical (unpaired) electrons. The summed E-state index contributed by atoms with van der Waals surface area (Å²) in [6.07, 6.45) is 0.991. The van der Waals surface area contributed by atoms with Crippen molar-refractivity contribution in [2.24, 2.45) is 11.7 Å². The number of benzene rings is 1. The highest BCUT2D eigenvalue weighted by Gasteiger charge is 2.28. The molecule has 0 spiro atoms. The lowest BCUT2D eigenvalue weighted by atomic mass is 10.1. The van der Waals surface area contributed by atoms with Crippen molar-refractivity contribution < 1.29 is 4.79 Å². The van der Waals surface area contributed by atoms with Gasteiger partial charge in [0.1, 0.15) is 4.83 Å². The predicted octanol–water partition coefficient (Wildman–Crippen LogP) is 3.47. The molecule has 4 rings (SSSR count). The zero-order chi connectivity index (χ0) is 17.6. The average Bonchev–Trinajstić information content (AvgIpc) is 3.32. The number of nitrogens with zero attached hydrogens (tertiary/aromatic N) is 3. The molecule has 7 heteroatoms. The van der Waals surface area contributed by atoms with Gasteiger partial charge in [-0.25, -0.2) is 4.68 Å². The molecule has 1 fully saturated rings. The van der Waals surface area contributed by atoms with Gasteiger partial charge in [-0.3, -0.25) is 4.79 Å². The fraction of sp³-hybridized carbons (Fsp3) is 0.333. The second-order valence-corrected chi connectivity index (χ2v) is 7.91. The van der Waals surface area contributed by atoms with E-state index in [1.807, 2.05) is 46.8 Å². The fourth-order valence-corrected chi connectivity index (χ4v) is 4.55. The molecule has 1 aliphatic heterocycles. The van der Waals surface area contributed by atoms with Gasteiger partial charge in [0.15, 0.2) is 0 Å². The van der Waals surface area contributed by atoms with Gasteiger partial charge in [-0.15, -0.1) is 11.3 Å². The van der Waals surface area contributed by atoms with E-state index in [1.54, 1.807) is 0 Å². The van der Waals surface area contributed by atoms with Crippen molar-refractivity contribution in [1.29, 1.82) is 0 Å². The first kappa shape index (κ1) is 16.6. The molecule has 25 heavy (non-hydrogen) atoms. The number of halogens is 1. The molecule has 1 unspecified atom stereocenters. The molecule has 3 heterocycles. The van der Waals surface area contributed by atoms with Crippen LogP contribution in [0, 0.1) is 12.8 Å². The van der Waals surface area contributed by atoms with Crippen LogP contribution in [0.15, 0.2) is 30.3 Å². The van der Waals surface area contributed by atoms with Crippen LogP contribution in [-0.4, -0.2) is 40.2 Å². The number of fused-ring (bicyclic) bond motifs is 1. The Morgan fingerprint density at radius 2 is 2.16 bits per heavy atom. The molecule has 1 atom stereocenters. The van der Waals surface area contributed by atoms with Crippen LogP contribution in [0.25, 0.3) is 15.9 Å². The van der Waals surface area contributed by atoms with Crippen LogP contribution in [0.4, 0.5) is 0 Å². The average molecular weight is 375 g/mol. The van der Waals surface area contributed by atoms with Gasteiger partial charge in [0, 0.05) is 23.5 Å². The molecular formula is C18H19ClN4OS. The number of carbonyl (C=O) groups excluding carboxylic acids is 1. The van der Waals surface area contributed by atoms with Crippen molar-refractivity contribution in [2.45, 2.75) is 13.3 Å². The van der Waals surface area contributed by atoms with Gasteiger partial charge in [0.05, 0.1) is 16.3 Å². The van der Waals surface area contributed by atoms with E-state index in [2.05, 4.69) is 5.10 Å². The molecular weight excluding hydrogens is 356 g/mol. The molecule has 3 aromatic rings. The zero-order valence-electron chi connectivity index (χ0n) is 13.9. The van der Waals surface area contributed by atoms with Crippen molar-refractivity contribution in [3.63, 3.8) is 0 Å². The number of amides is 1. The number of hydrogen-bond donors (Lipinski definition) is 1. The monoisotopic (exact) mass is 374 g/mol. The van der Waals surface area contributed by atoms with E-state index in [4.69, 9.17) is 17.3 Å². The summed E-state index contributed by atoms with van der Waals surface area (Å²) in [5.74, 6) is 0.517. The summed E-state index contributed by atoms with van der Waals surface area (Å²) in [6.45, 7) is 4.15. The van der Waals surface area contributed by atoms with E-state index >= 15 is 0 Å². The second-order valence-electron chi connectivity index (χ2n) is 6.44. The molecule has 1 amide bonds. The van der Waals surface area contributed by atoms with Crippen LogP contribution in [0.5, 0.6) is 0 Å². The standard InChI is InChI=1S/C18H19ClN4OS/c1-11-15-8-16(17(24)22-7-6-12(9-20)10-22)25-18(15)23(21-11)14-4-2-13(19)3-5-14/h2-5,8,12H,6-7,9-10,20H2,1H3. The van der Waals surface area contributed by atoms with E-state index in [-0.39, 0.29) is 5.91 Å². The third-order valence-corrected chi connectivity index (χ3v) is 6.08. The highest BCUT2D eigenvalue weighted by Crippen LogP contribution is 2.32. The molecule has 0 aliphatic carbocycles. The minimum Gasteiger partial charge on any atom is -0.338 e. The summed E-state index contributed by atoms with van der Waals surface area (Å²) >= 11 is 7.47. The summed E-state index contributed by atoms with van der Waals surface area (Å²) in [5.41, 5.74) is 7.59. The molecule has 130 valence electrons. The van der Waals surface area contributed by atoms with Crippen molar-refractivity contribution in [3.05, 3.63) is 45.9 Å². The van der Waals surface area contributed by atoms with Gasteiger partial charge >= 0.3 is 0 Å². The molecule has 1 aromatic carbocycles. The Hall–Kier alpha value is -1.89. The van der Waals surface area contributed by atoms with E-state index < -0.39 is 0 Å². The molecule has 5 nitrogen and oxygen atoms in total. The third kappa shape index (κ3) is 2.94. The van der Waals surface area contributed by atoms with Gasteiger partial charge in [-0.1, -0.05) is 11.6 Å². The minimum atomic E-state index is 0.0965. The molecule has 1 saturated heterocycles. The first-order chi connectivity index (χ1) is 12.1. The highest BCUT2D eigenvalue weighted by atomic mass is 35.5. The Labute approximate surface area is 155 Å². The van der Waals surface area contributed by atoms with Gasteiger partial charge in [0.2, 0.25) is 0 Å². The van der Waals surface area contributed by atoms with Crippen LogP contribution in [-0.2, 0) is 0 Å². The normalized spacial score (nSPS) is 17.6. The number of aryl methyl sites for hydroxylation is 1. The molecule has 1 aliphatic rings. The van der Waals surface area contributed by atoms with Crippen LogP contribution in [0.1, 0.15) is 21.8 Å². The SMILES string of the molecule is Cc1nn(-c2ccc(Cl)cc2)c2sc(C(=O)N3CCC(CN)C3)cc12. The van der Waals surface area contributed by atoms with Crippen molar-refractivity contribution in [1.82, 2.24) is 14.7 Å². The predicted molar refractivity (Wildman–Crippen MR) is 102 cm³/mol. The second kappa shape index (κ2) is 6.44. The Morgan fingerprint density at radius 3 is 2.84 bits per heavy atom. The summed E-state index contributed by atoms with van der Waals surface area (Å²) in [6, 6.07) is 9.52. The van der Waals surface area contributed by atoms with E-state index in [1.165, 1.54) is 11.3 Å². The lowest BCUT2D eigenvalue weighted by Gasteiger charge is -2.14. The van der Waals surface area contributed by atoms with Crippen molar-refractivity contribution >= 4 is 39.1 Å². The fourth-order valence-electron chi connectivity index (χ4n) is 3.28. The van der Waals surface area contributed by atoms with Crippen LogP contribution < -0.4 is 5.73 Å². The first-order valence-electron chi connectivity index (χ1n) is 8.31. The van der Waals surface area contributed by atoms with Gasteiger partial charge in [0.25, 0.3) is 5.91 Å². The Bertz CT molecular complexity index is 931. The number of hydrogen-bond acceptors (Lipinski definition) is 4. The zero-order valence-corrected chi connectivity index (χ0v) is 15.5. The number of rotatable bonds is 3. The summed E-state index contributed by atoms with van der Waals surface area (Å²) < 4.78 is 1.88. The maximum atomic E-state index is 12.8.